The van der Waals surface area contributed by atoms with Crippen LogP contribution in [-0.2, 0) is 6.54 Å². The second-order valence-electron chi connectivity index (χ2n) is 5.71. The molecule has 0 saturated carbocycles. The largest absolute Gasteiger partial charge is 0.399 e. The number of anilines is 1. The molecule has 0 radical (unpaired) electrons. The fraction of sp³-hybridized carbons (Fsp3) is 0.625. The number of likely N-dealkylation sites (tertiary alicyclic amines) is 1. The average Bonchev–Trinajstić information content (AvgIpc) is 2.60. The molecule has 0 aliphatic carbocycles. The lowest BCUT2D eigenvalue weighted by atomic mass is 9.96. The average molecular weight is 281 g/mol. The van der Waals surface area contributed by atoms with Crippen molar-refractivity contribution in [2.24, 2.45) is 5.92 Å². The van der Waals surface area contributed by atoms with E-state index >= 15 is 0 Å². The summed E-state index contributed by atoms with van der Waals surface area (Å²) in [5, 5.41) is 0.837. The number of nitrogen functional groups attached to an aromatic ring is 1. The summed E-state index contributed by atoms with van der Waals surface area (Å²) < 4.78 is 0. The predicted octanol–water partition coefficient (Wildman–Crippen LogP) is 4.32. The number of nitrogens with two attached hydrogens (primary N) is 1. The van der Waals surface area contributed by atoms with Crippen molar-refractivity contribution in [1.82, 2.24) is 4.90 Å². The zero-order valence-corrected chi connectivity index (χ0v) is 12.6. The van der Waals surface area contributed by atoms with Crippen LogP contribution in [0.25, 0.3) is 0 Å². The molecule has 1 aliphatic heterocycles. The molecule has 0 spiro atoms. The number of nitrogens with zero attached hydrogens (tertiary/aromatic N) is 1. The number of hydrogen-bond donors (Lipinski definition) is 1. The Morgan fingerprint density at radius 2 is 2.16 bits per heavy atom. The van der Waals surface area contributed by atoms with Crippen LogP contribution in [0, 0.1) is 5.92 Å². The summed E-state index contributed by atoms with van der Waals surface area (Å²) in [6, 6.07) is 5.78. The molecule has 1 unspecified atom stereocenters. The van der Waals surface area contributed by atoms with Crippen molar-refractivity contribution in [2.45, 2.75) is 45.6 Å². The SMILES string of the molecule is CCCC1CCCN(Cc2cc(N)ccc2Cl)CC1. The first-order chi connectivity index (χ1) is 9.19. The highest BCUT2D eigenvalue weighted by molar-refractivity contribution is 6.31. The number of benzene rings is 1. The van der Waals surface area contributed by atoms with Crippen LogP contribution < -0.4 is 5.73 Å². The van der Waals surface area contributed by atoms with E-state index in [2.05, 4.69) is 11.8 Å². The van der Waals surface area contributed by atoms with Crippen molar-refractivity contribution in [2.75, 3.05) is 18.8 Å². The van der Waals surface area contributed by atoms with E-state index in [1.807, 2.05) is 18.2 Å². The summed E-state index contributed by atoms with van der Waals surface area (Å²) >= 11 is 6.25. The Hall–Kier alpha value is -0.730. The van der Waals surface area contributed by atoms with Crippen LogP contribution in [-0.4, -0.2) is 18.0 Å². The summed E-state index contributed by atoms with van der Waals surface area (Å²) in [5.74, 6) is 0.923. The summed E-state index contributed by atoms with van der Waals surface area (Å²) in [6.45, 7) is 5.60. The molecular weight excluding hydrogens is 256 g/mol. The zero-order valence-electron chi connectivity index (χ0n) is 11.9. The van der Waals surface area contributed by atoms with Gasteiger partial charge in [-0.05, 0) is 62.0 Å². The molecule has 3 heteroatoms. The van der Waals surface area contributed by atoms with Crippen molar-refractivity contribution in [3.63, 3.8) is 0 Å². The minimum Gasteiger partial charge on any atom is -0.399 e. The van der Waals surface area contributed by atoms with E-state index < -0.39 is 0 Å². The molecule has 1 saturated heterocycles. The molecule has 0 amide bonds. The second kappa shape index (κ2) is 7.16. The third kappa shape index (κ3) is 4.39. The molecule has 19 heavy (non-hydrogen) atoms. The summed E-state index contributed by atoms with van der Waals surface area (Å²) in [5.41, 5.74) is 7.81. The van der Waals surface area contributed by atoms with Gasteiger partial charge in [0.1, 0.15) is 0 Å². The van der Waals surface area contributed by atoms with Gasteiger partial charge in [0.2, 0.25) is 0 Å². The molecule has 1 aromatic rings. The van der Waals surface area contributed by atoms with E-state index in [-0.39, 0.29) is 0 Å². The number of hydrogen-bond acceptors (Lipinski definition) is 2. The zero-order chi connectivity index (χ0) is 13.7. The Labute approximate surface area is 121 Å². The lowest BCUT2D eigenvalue weighted by Gasteiger charge is -2.21. The Balaban J connectivity index is 1.94. The van der Waals surface area contributed by atoms with E-state index in [4.69, 9.17) is 17.3 Å². The van der Waals surface area contributed by atoms with Gasteiger partial charge in [-0.3, -0.25) is 4.90 Å². The highest BCUT2D eigenvalue weighted by Crippen LogP contribution is 2.25. The fourth-order valence-electron chi connectivity index (χ4n) is 3.04. The van der Waals surface area contributed by atoms with Crippen LogP contribution >= 0.6 is 11.6 Å². The Morgan fingerprint density at radius 3 is 2.95 bits per heavy atom. The molecule has 1 aliphatic rings. The van der Waals surface area contributed by atoms with Crippen molar-refractivity contribution in [3.8, 4) is 0 Å². The lowest BCUT2D eigenvalue weighted by molar-refractivity contribution is 0.271. The maximum atomic E-state index is 6.25. The Morgan fingerprint density at radius 1 is 1.32 bits per heavy atom. The van der Waals surface area contributed by atoms with E-state index in [0.717, 1.165) is 28.7 Å². The molecule has 1 heterocycles. The van der Waals surface area contributed by atoms with Gasteiger partial charge >= 0.3 is 0 Å². The van der Waals surface area contributed by atoms with Gasteiger partial charge < -0.3 is 5.73 Å². The fourth-order valence-corrected chi connectivity index (χ4v) is 3.21. The standard InChI is InChI=1S/C16H25ClN2/c1-2-4-13-5-3-9-19(10-8-13)12-14-11-15(18)6-7-16(14)17/h6-7,11,13H,2-5,8-10,12,18H2,1H3. The van der Waals surface area contributed by atoms with Crippen LogP contribution in [0.4, 0.5) is 5.69 Å². The molecule has 0 aromatic heterocycles. The van der Waals surface area contributed by atoms with Crippen molar-refractivity contribution in [1.29, 1.82) is 0 Å². The van der Waals surface area contributed by atoms with Gasteiger partial charge in [-0.1, -0.05) is 31.4 Å². The third-order valence-corrected chi connectivity index (χ3v) is 4.47. The number of rotatable bonds is 4. The molecule has 2 N–H and O–H groups in total. The maximum absolute atomic E-state index is 6.25. The lowest BCUT2D eigenvalue weighted by Crippen LogP contribution is -2.24. The topological polar surface area (TPSA) is 29.3 Å². The monoisotopic (exact) mass is 280 g/mol. The summed E-state index contributed by atoms with van der Waals surface area (Å²) in [4.78, 5) is 2.52. The highest BCUT2D eigenvalue weighted by Gasteiger charge is 2.17. The maximum Gasteiger partial charge on any atom is 0.0452 e. The molecule has 106 valence electrons. The van der Waals surface area contributed by atoms with Gasteiger partial charge in [-0.15, -0.1) is 0 Å². The van der Waals surface area contributed by atoms with E-state index in [9.17, 15) is 0 Å². The van der Waals surface area contributed by atoms with E-state index in [1.165, 1.54) is 45.2 Å². The van der Waals surface area contributed by atoms with Crippen LogP contribution in [0.2, 0.25) is 5.02 Å². The molecular formula is C16H25ClN2. The van der Waals surface area contributed by atoms with Crippen LogP contribution in [0.3, 0.4) is 0 Å². The van der Waals surface area contributed by atoms with Gasteiger partial charge in [-0.25, -0.2) is 0 Å². The Bertz CT molecular complexity index is 406. The van der Waals surface area contributed by atoms with E-state index in [1.54, 1.807) is 0 Å². The van der Waals surface area contributed by atoms with Crippen molar-refractivity contribution >= 4 is 17.3 Å². The van der Waals surface area contributed by atoms with Crippen LogP contribution in [0.15, 0.2) is 18.2 Å². The number of halogens is 1. The highest BCUT2D eigenvalue weighted by atomic mass is 35.5. The van der Waals surface area contributed by atoms with Gasteiger partial charge in [0.05, 0.1) is 0 Å². The molecule has 1 fully saturated rings. The first kappa shape index (κ1) is 14.7. The van der Waals surface area contributed by atoms with Crippen LogP contribution in [0.1, 0.15) is 44.6 Å². The minimum atomic E-state index is 0.804. The minimum absolute atomic E-state index is 0.804. The van der Waals surface area contributed by atoms with Gasteiger partial charge in [-0.2, -0.15) is 0 Å². The van der Waals surface area contributed by atoms with Crippen LogP contribution in [0.5, 0.6) is 0 Å². The van der Waals surface area contributed by atoms with Gasteiger partial charge in [0.25, 0.3) is 0 Å². The third-order valence-electron chi connectivity index (χ3n) is 4.10. The second-order valence-corrected chi connectivity index (χ2v) is 6.12. The smallest absolute Gasteiger partial charge is 0.0452 e. The van der Waals surface area contributed by atoms with E-state index in [0.29, 0.717) is 0 Å². The normalized spacial score (nSPS) is 21.3. The molecule has 2 rings (SSSR count). The Kier molecular flexibility index (Phi) is 5.53. The quantitative estimate of drug-likeness (QED) is 0.832. The molecule has 1 aromatic carbocycles. The van der Waals surface area contributed by atoms with Crippen molar-refractivity contribution < 1.29 is 0 Å². The summed E-state index contributed by atoms with van der Waals surface area (Å²) in [6.07, 6.45) is 6.71. The van der Waals surface area contributed by atoms with Gasteiger partial charge in [0, 0.05) is 17.3 Å². The summed E-state index contributed by atoms with van der Waals surface area (Å²) in [7, 11) is 0. The van der Waals surface area contributed by atoms with Gasteiger partial charge in [0.15, 0.2) is 0 Å². The molecule has 1 atom stereocenters. The molecule has 0 bridgehead atoms. The van der Waals surface area contributed by atoms with Crippen molar-refractivity contribution in [3.05, 3.63) is 28.8 Å². The molecule has 2 nitrogen and oxygen atoms in total. The first-order valence-electron chi connectivity index (χ1n) is 7.45. The first-order valence-corrected chi connectivity index (χ1v) is 7.83. The predicted molar refractivity (Wildman–Crippen MR) is 83.4 cm³/mol.